The third-order valence-electron chi connectivity index (χ3n) is 9.09. The molecule has 2 aliphatic heterocycles. The second-order valence-electron chi connectivity index (χ2n) is 11.0. The van der Waals surface area contributed by atoms with Crippen LogP contribution in [0.25, 0.3) is 0 Å². The molecular weight excluding hydrogens is 468 g/mol. The van der Waals surface area contributed by atoms with Crippen LogP contribution in [0.5, 0.6) is 11.5 Å². The lowest BCUT2D eigenvalue weighted by atomic mass is 9.48. The Balaban J connectivity index is 1.41. The quantitative estimate of drug-likeness (QED) is 0.388. The van der Waals surface area contributed by atoms with Gasteiger partial charge in [-0.1, -0.05) is 24.1 Å². The predicted molar refractivity (Wildman–Crippen MR) is 137 cm³/mol. The molecule has 6 rings (SSSR count). The zero-order chi connectivity index (χ0) is 26.1. The van der Waals surface area contributed by atoms with Crippen molar-refractivity contribution in [2.75, 3.05) is 20.6 Å². The second-order valence-corrected chi connectivity index (χ2v) is 11.0. The van der Waals surface area contributed by atoms with Crippen LogP contribution in [0.4, 0.5) is 0 Å². The Morgan fingerprint density at radius 1 is 1.24 bits per heavy atom. The maximum Gasteiger partial charge on any atom is 0.308 e. The summed E-state index contributed by atoms with van der Waals surface area (Å²) in [7, 11) is 3.84. The first kappa shape index (κ1) is 24.0. The second kappa shape index (κ2) is 8.34. The number of aryl methyl sites for hydroxylation is 1. The van der Waals surface area contributed by atoms with E-state index in [-0.39, 0.29) is 18.0 Å². The number of esters is 1. The summed E-state index contributed by atoms with van der Waals surface area (Å²) in [6, 6.07) is 11.2. The van der Waals surface area contributed by atoms with E-state index in [1.807, 2.05) is 37.3 Å². The summed E-state index contributed by atoms with van der Waals surface area (Å²) >= 11 is 0. The summed E-state index contributed by atoms with van der Waals surface area (Å²) < 4.78 is 12.2. The van der Waals surface area contributed by atoms with Crippen molar-refractivity contribution in [3.63, 3.8) is 0 Å². The summed E-state index contributed by atoms with van der Waals surface area (Å²) in [4.78, 5) is 29.1. The van der Waals surface area contributed by atoms with Gasteiger partial charge in [-0.3, -0.25) is 9.59 Å². The Kier molecular flexibility index (Phi) is 5.41. The van der Waals surface area contributed by atoms with Crippen molar-refractivity contribution in [2.24, 2.45) is 0 Å². The van der Waals surface area contributed by atoms with Crippen LogP contribution in [0.15, 0.2) is 36.4 Å². The molecule has 1 saturated carbocycles. The smallest absolute Gasteiger partial charge is 0.308 e. The van der Waals surface area contributed by atoms with Crippen molar-refractivity contribution >= 4 is 11.9 Å². The van der Waals surface area contributed by atoms with Gasteiger partial charge in [0, 0.05) is 37.1 Å². The van der Waals surface area contributed by atoms with Gasteiger partial charge in [0.1, 0.15) is 6.10 Å². The average molecular weight is 501 g/mol. The van der Waals surface area contributed by atoms with Gasteiger partial charge in [0.05, 0.1) is 17.1 Å². The van der Waals surface area contributed by atoms with E-state index in [2.05, 4.69) is 23.8 Å². The van der Waals surface area contributed by atoms with Crippen LogP contribution >= 0.6 is 0 Å². The summed E-state index contributed by atoms with van der Waals surface area (Å²) in [5.41, 5.74) is 2.26. The number of benzene rings is 2. The molecule has 1 N–H and O–H groups in total. The summed E-state index contributed by atoms with van der Waals surface area (Å²) in [5.74, 6) is 6.02. The third kappa shape index (κ3) is 3.36. The first-order chi connectivity index (χ1) is 17.7. The number of nitrogens with zero attached hydrogens (tertiary/aromatic N) is 2. The van der Waals surface area contributed by atoms with Crippen LogP contribution in [-0.2, 0) is 21.4 Å². The Hall–Kier alpha value is -3.34. The molecule has 0 aromatic heterocycles. The van der Waals surface area contributed by atoms with Crippen molar-refractivity contribution in [1.29, 1.82) is 0 Å². The fraction of sp³-hybridized carbons (Fsp3) is 0.467. The molecule has 2 aromatic rings. The van der Waals surface area contributed by atoms with Gasteiger partial charge in [-0.05, 0) is 75.5 Å². The molecule has 7 heteroatoms. The molecule has 2 heterocycles. The minimum absolute atomic E-state index is 0.0477. The van der Waals surface area contributed by atoms with Crippen LogP contribution in [0.1, 0.15) is 48.4 Å². The molecule has 0 unspecified atom stereocenters. The minimum Gasteiger partial charge on any atom is -0.483 e. The molecule has 2 aliphatic carbocycles. The number of piperidine rings is 1. The molecule has 192 valence electrons. The Bertz CT molecular complexity index is 1380. The van der Waals surface area contributed by atoms with E-state index in [1.165, 1.54) is 6.92 Å². The number of likely N-dealkylation sites (N-methyl/N-ethyl adjacent to an activating group) is 2. The van der Waals surface area contributed by atoms with Crippen molar-refractivity contribution in [2.45, 2.75) is 68.7 Å². The number of likely N-dealkylation sites (tertiary alicyclic amines) is 1. The molecule has 2 bridgehead atoms. The highest BCUT2D eigenvalue weighted by atomic mass is 16.6. The van der Waals surface area contributed by atoms with Crippen LogP contribution < -0.4 is 9.47 Å². The van der Waals surface area contributed by atoms with Gasteiger partial charge in [-0.15, -0.1) is 0 Å². The fourth-order valence-electron chi connectivity index (χ4n) is 7.44. The topological polar surface area (TPSA) is 79.3 Å². The van der Waals surface area contributed by atoms with E-state index in [0.717, 1.165) is 28.8 Å². The number of carbonyl (C=O) groups excluding carboxylic acids is 2. The number of amides is 1. The lowest BCUT2D eigenvalue weighted by Crippen LogP contribution is -2.77. The molecule has 2 aromatic carbocycles. The van der Waals surface area contributed by atoms with E-state index < -0.39 is 23.1 Å². The molecule has 5 atom stereocenters. The molecule has 7 nitrogen and oxygen atoms in total. The average Bonchev–Trinajstić information content (AvgIpc) is 3.21. The number of carbonyl (C=O) groups is 2. The van der Waals surface area contributed by atoms with E-state index >= 15 is 0 Å². The lowest BCUT2D eigenvalue weighted by molar-refractivity contribution is -0.195. The minimum atomic E-state index is -1.01. The standard InChI is InChI=1S/C30H32N2O5/c1-18-6-5-7-20(16-18)8-11-25(34)32(4)22-12-13-30(35)24-17-21-9-10-23(36-19(2)33)27-26(21)29(30,28(22)37-27)14-15-31(24)3/h5-7,9-10,16,22,24,28,35H,12-15,17H2,1-4H3/t22-,24-,28+,29+,30-/m1/s1. The van der Waals surface area contributed by atoms with Crippen LogP contribution in [0.3, 0.4) is 0 Å². The highest BCUT2D eigenvalue weighted by Crippen LogP contribution is 2.65. The van der Waals surface area contributed by atoms with E-state index in [1.54, 1.807) is 18.0 Å². The Labute approximate surface area is 217 Å². The highest BCUT2D eigenvalue weighted by molar-refractivity contribution is 5.94. The molecule has 4 aliphatic rings. The number of ether oxygens (including phenoxy) is 2. The molecule has 1 spiro atoms. The van der Waals surface area contributed by atoms with Crippen LogP contribution in [0.2, 0.25) is 0 Å². The highest BCUT2D eigenvalue weighted by Gasteiger charge is 2.73. The maximum absolute atomic E-state index is 13.3. The van der Waals surface area contributed by atoms with Crippen molar-refractivity contribution < 1.29 is 24.2 Å². The molecule has 0 radical (unpaired) electrons. The largest absolute Gasteiger partial charge is 0.483 e. The zero-order valence-corrected chi connectivity index (χ0v) is 21.7. The van der Waals surface area contributed by atoms with Crippen molar-refractivity contribution in [1.82, 2.24) is 9.80 Å². The Morgan fingerprint density at radius 3 is 2.81 bits per heavy atom. The van der Waals surface area contributed by atoms with Crippen molar-refractivity contribution in [3.05, 3.63) is 58.7 Å². The molecule has 1 saturated heterocycles. The fourth-order valence-corrected chi connectivity index (χ4v) is 7.44. The monoisotopic (exact) mass is 500 g/mol. The summed E-state index contributed by atoms with van der Waals surface area (Å²) in [6.07, 6.45) is 2.07. The van der Waals surface area contributed by atoms with E-state index in [0.29, 0.717) is 37.2 Å². The normalized spacial score (nSPS) is 30.9. The number of aliphatic hydroxyl groups is 1. The predicted octanol–water partition coefficient (Wildman–Crippen LogP) is 2.58. The van der Waals surface area contributed by atoms with Crippen LogP contribution in [-0.4, -0.2) is 71.2 Å². The SMILES string of the molecule is CC(=O)Oc1ccc2c3c1O[C@H]1[C@H](N(C)C(=O)C#Cc4cccc(C)c4)CC[C@@]4(O)[C@@H](C2)N(C)CC[C@]314. The van der Waals surface area contributed by atoms with Crippen LogP contribution in [0, 0.1) is 18.8 Å². The lowest BCUT2D eigenvalue weighted by Gasteiger charge is -2.64. The number of rotatable bonds is 2. The number of hydrogen-bond acceptors (Lipinski definition) is 6. The van der Waals surface area contributed by atoms with Gasteiger partial charge in [-0.2, -0.15) is 0 Å². The van der Waals surface area contributed by atoms with Gasteiger partial charge in [0.2, 0.25) is 0 Å². The molecule has 37 heavy (non-hydrogen) atoms. The zero-order valence-electron chi connectivity index (χ0n) is 21.7. The van der Waals surface area contributed by atoms with Gasteiger partial charge in [0.25, 0.3) is 5.91 Å². The van der Waals surface area contributed by atoms with E-state index in [4.69, 9.17) is 9.47 Å². The summed E-state index contributed by atoms with van der Waals surface area (Å²) in [5, 5.41) is 12.4. The maximum atomic E-state index is 13.3. The first-order valence-corrected chi connectivity index (χ1v) is 13.0. The van der Waals surface area contributed by atoms with Crippen molar-refractivity contribution in [3.8, 4) is 23.3 Å². The molecule has 1 amide bonds. The first-order valence-electron chi connectivity index (χ1n) is 13.0. The Morgan fingerprint density at radius 2 is 2.05 bits per heavy atom. The molecule has 2 fully saturated rings. The van der Waals surface area contributed by atoms with Gasteiger partial charge in [-0.25, -0.2) is 0 Å². The van der Waals surface area contributed by atoms with Gasteiger partial charge in [0.15, 0.2) is 11.5 Å². The van der Waals surface area contributed by atoms with E-state index in [9.17, 15) is 14.7 Å². The van der Waals surface area contributed by atoms with Gasteiger partial charge >= 0.3 is 5.97 Å². The third-order valence-corrected chi connectivity index (χ3v) is 9.09. The molecular formula is C30H32N2O5. The van der Waals surface area contributed by atoms with Gasteiger partial charge < -0.3 is 24.4 Å². The number of hydrogen-bond donors (Lipinski definition) is 1. The summed E-state index contributed by atoms with van der Waals surface area (Å²) in [6.45, 7) is 4.17.